The number of aryl methyl sites for hydroxylation is 1. The quantitative estimate of drug-likeness (QED) is 0.405. The largest absolute Gasteiger partial charge is 0.367 e. The zero-order valence-corrected chi connectivity index (χ0v) is 19.3. The summed E-state index contributed by atoms with van der Waals surface area (Å²) in [5.41, 5.74) is 2.36. The van der Waals surface area contributed by atoms with E-state index in [1.807, 2.05) is 19.1 Å². The third kappa shape index (κ3) is 3.55. The maximum absolute atomic E-state index is 15.9. The maximum atomic E-state index is 15.9. The summed E-state index contributed by atoms with van der Waals surface area (Å²) in [6.07, 6.45) is 5.32. The number of aromatic nitrogens is 2. The predicted octanol–water partition coefficient (Wildman–Crippen LogP) is 4.61. The Morgan fingerprint density at radius 3 is 2.46 bits per heavy atom. The van der Waals surface area contributed by atoms with Crippen LogP contribution < -0.4 is 15.2 Å². The first-order valence-corrected chi connectivity index (χ1v) is 11.8. The average Bonchev–Trinajstić information content (AvgIpc) is 3.70. The third-order valence-corrected chi connectivity index (χ3v) is 7.09. The molecule has 0 N–H and O–H groups in total. The Morgan fingerprint density at radius 1 is 1.00 bits per heavy atom. The van der Waals surface area contributed by atoms with Crippen molar-refractivity contribution in [2.45, 2.75) is 25.8 Å². The number of benzene rings is 2. The molecule has 6 nitrogen and oxygen atoms in total. The number of fused-ring (bicyclic) bond motifs is 2. The molecule has 1 saturated carbocycles. The number of pyridine rings is 2. The molecular formula is C27H24F2N4O2. The van der Waals surface area contributed by atoms with E-state index in [0.29, 0.717) is 32.5 Å². The molecule has 8 heteroatoms. The predicted molar refractivity (Wildman–Crippen MR) is 133 cm³/mol. The van der Waals surface area contributed by atoms with Gasteiger partial charge in [0.25, 0.3) is 0 Å². The van der Waals surface area contributed by atoms with E-state index >= 15 is 8.78 Å². The molecule has 0 unspecified atom stereocenters. The van der Waals surface area contributed by atoms with Crippen molar-refractivity contribution in [1.29, 1.82) is 0 Å². The summed E-state index contributed by atoms with van der Waals surface area (Å²) in [4.78, 5) is 32.4. The topological polar surface area (TPSA) is 58.4 Å². The first-order valence-electron chi connectivity index (χ1n) is 11.8. The molecule has 0 radical (unpaired) electrons. The molecule has 6 rings (SSSR count). The van der Waals surface area contributed by atoms with Crippen LogP contribution in [0, 0.1) is 18.6 Å². The number of rotatable bonds is 4. The van der Waals surface area contributed by atoms with Crippen molar-refractivity contribution in [2.24, 2.45) is 0 Å². The number of hydrogen-bond donors (Lipinski definition) is 0. The summed E-state index contributed by atoms with van der Waals surface area (Å²) in [6.45, 7) is 4.05. The molecule has 35 heavy (non-hydrogen) atoms. The minimum atomic E-state index is -0.782. The Labute approximate surface area is 200 Å². The first-order chi connectivity index (χ1) is 17.0. The average molecular weight is 475 g/mol. The van der Waals surface area contributed by atoms with Gasteiger partial charge in [0.1, 0.15) is 11.5 Å². The SMILES string of the molecule is Cc1ccc2c(N3CCN(c4c(F)cc5c(=O)c(C=O)cn(C6CC6)c5c4F)CC3)ccnc2c1. The van der Waals surface area contributed by atoms with Crippen molar-refractivity contribution < 1.29 is 13.6 Å². The van der Waals surface area contributed by atoms with Gasteiger partial charge in [-0.1, -0.05) is 12.1 Å². The van der Waals surface area contributed by atoms with Gasteiger partial charge in [-0.3, -0.25) is 14.6 Å². The van der Waals surface area contributed by atoms with Crippen molar-refractivity contribution >= 4 is 39.5 Å². The number of anilines is 2. The minimum absolute atomic E-state index is 0.0186. The molecule has 2 aromatic heterocycles. The van der Waals surface area contributed by atoms with Gasteiger partial charge in [-0.2, -0.15) is 0 Å². The van der Waals surface area contributed by atoms with Crippen molar-refractivity contribution in [3.63, 3.8) is 0 Å². The van der Waals surface area contributed by atoms with E-state index < -0.39 is 17.1 Å². The smallest absolute Gasteiger partial charge is 0.200 e. The van der Waals surface area contributed by atoms with Crippen LogP contribution in [0.3, 0.4) is 0 Å². The molecule has 2 aromatic carbocycles. The number of carbonyl (C=O) groups excluding carboxylic acids is 1. The monoisotopic (exact) mass is 474 g/mol. The molecule has 4 aromatic rings. The zero-order valence-electron chi connectivity index (χ0n) is 19.3. The Kier molecular flexibility index (Phi) is 5.05. The van der Waals surface area contributed by atoms with Crippen molar-refractivity contribution in [2.75, 3.05) is 36.0 Å². The lowest BCUT2D eigenvalue weighted by Crippen LogP contribution is -2.47. The second-order valence-electron chi connectivity index (χ2n) is 9.41. The number of halogens is 2. The zero-order chi connectivity index (χ0) is 24.3. The molecule has 1 saturated heterocycles. The molecule has 0 bridgehead atoms. The Bertz CT molecular complexity index is 1550. The van der Waals surface area contributed by atoms with Gasteiger partial charge in [-0.15, -0.1) is 0 Å². The lowest BCUT2D eigenvalue weighted by atomic mass is 10.1. The number of nitrogens with zero attached hydrogens (tertiary/aromatic N) is 4. The fourth-order valence-corrected chi connectivity index (χ4v) is 5.16. The van der Waals surface area contributed by atoms with Gasteiger partial charge in [0, 0.05) is 55.7 Å². The van der Waals surface area contributed by atoms with Crippen LogP contribution in [0.4, 0.5) is 20.2 Å². The minimum Gasteiger partial charge on any atom is -0.367 e. The van der Waals surface area contributed by atoms with E-state index in [1.165, 1.54) is 6.20 Å². The molecular weight excluding hydrogens is 450 g/mol. The fraction of sp³-hybridized carbons (Fsp3) is 0.296. The van der Waals surface area contributed by atoms with Crippen molar-refractivity contribution in [3.8, 4) is 0 Å². The van der Waals surface area contributed by atoms with E-state index in [0.717, 1.165) is 41.1 Å². The van der Waals surface area contributed by atoms with Crippen molar-refractivity contribution in [1.82, 2.24) is 9.55 Å². The fourth-order valence-electron chi connectivity index (χ4n) is 5.16. The summed E-state index contributed by atoms with van der Waals surface area (Å²) >= 11 is 0. The van der Waals surface area contributed by atoms with Crippen LogP contribution >= 0.6 is 0 Å². The van der Waals surface area contributed by atoms with E-state index in [1.54, 1.807) is 15.7 Å². The lowest BCUT2D eigenvalue weighted by Gasteiger charge is -2.38. The van der Waals surface area contributed by atoms with Gasteiger partial charge in [-0.05, 0) is 43.5 Å². The van der Waals surface area contributed by atoms with Gasteiger partial charge >= 0.3 is 0 Å². The van der Waals surface area contributed by atoms with Crippen molar-refractivity contribution in [3.05, 3.63) is 75.7 Å². The van der Waals surface area contributed by atoms with Gasteiger partial charge in [0.15, 0.2) is 17.5 Å². The lowest BCUT2D eigenvalue weighted by molar-refractivity contribution is 0.112. The highest BCUT2D eigenvalue weighted by Crippen LogP contribution is 2.40. The Balaban J connectivity index is 1.36. The number of piperazine rings is 1. The second-order valence-corrected chi connectivity index (χ2v) is 9.41. The van der Waals surface area contributed by atoms with E-state index in [4.69, 9.17) is 0 Å². The van der Waals surface area contributed by atoms with Crippen LogP contribution in [0.15, 0.2) is 47.5 Å². The molecule has 1 aliphatic carbocycles. The molecule has 0 atom stereocenters. The second kappa shape index (κ2) is 8.15. The molecule has 0 spiro atoms. The van der Waals surface area contributed by atoms with Crippen LogP contribution in [-0.2, 0) is 0 Å². The highest BCUT2D eigenvalue weighted by Gasteiger charge is 2.31. The number of aldehydes is 1. The van der Waals surface area contributed by atoms with Crippen LogP contribution in [-0.4, -0.2) is 42.0 Å². The summed E-state index contributed by atoms with van der Waals surface area (Å²) in [6, 6.07) is 9.25. The standard InChI is InChI=1S/C27H24F2N4O2/c1-16-2-5-19-22(12-16)30-7-6-23(19)31-8-10-32(11-9-31)26-21(28)13-20-25(24(26)29)33(18-3-4-18)14-17(15-34)27(20)35/h2,5-7,12-15,18H,3-4,8-11H2,1H3. The number of hydrogen-bond acceptors (Lipinski definition) is 5. The van der Waals surface area contributed by atoms with Gasteiger partial charge in [0.2, 0.25) is 0 Å². The summed E-state index contributed by atoms with van der Waals surface area (Å²) < 4.78 is 32.8. The van der Waals surface area contributed by atoms with Gasteiger partial charge in [0.05, 0.1) is 22.0 Å². The molecule has 3 heterocycles. The van der Waals surface area contributed by atoms with Crippen LogP contribution in [0.1, 0.15) is 34.8 Å². The van der Waals surface area contributed by atoms with Gasteiger partial charge < -0.3 is 14.4 Å². The number of carbonyl (C=O) groups is 1. The molecule has 2 fully saturated rings. The highest BCUT2D eigenvalue weighted by molar-refractivity contribution is 5.92. The van der Waals surface area contributed by atoms with Crippen LogP contribution in [0.5, 0.6) is 0 Å². The van der Waals surface area contributed by atoms with Gasteiger partial charge in [-0.25, -0.2) is 8.78 Å². The maximum Gasteiger partial charge on any atom is 0.200 e. The first kappa shape index (κ1) is 21.7. The van der Waals surface area contributed by atoms with Crippen LogP contribution in [0.25, 0.3) is 21.8 Å². The Hall–Kier alpha value is -3.81. The van der Waals surface area contributed by atoms with E-state index in [9.17, 15) is 9.59 Å². The summed E-state index contributed by atoms with van der Waals surface area (Å²) in [5.74, 6) is -1.52. The van der Waals surface area contributed by atoms with E-state index in [2.05, 4.69) is 22.0 Å². The third-order valence-electron chi connectivity index (χ3n) is 7.09. The molecule has 1 aliphatic heterocycles. The van der Waals surface area contributed by atoms with Crippen LogP contribution in [0.2, 0.25) is 0 Å². The molecule has 2 aliphatic rings. The normalized spacial score (nSPS) is 16.3. The summed E-state index contributed by atoms with van der Waals surface area (Å²) in [7, 11) is 0. The van der Waals surface area contributed by atoms with E-state index in [-0.39, 0.29) is 28.2 Å². The Morgan fingerprint density at radius 2 is 1.74 bits per heavy atom. The molecule has 0 amide bonds. The highest BCUT2D eigenvalue weighted by atomic mass is 19.1. The molecule has 178 valence electrons. The summed E-state index contributed by atoms with van der Waals surface area (Å²) in [5, 5.41) is 0.964.